The Bertz CT molecular complexity index is 665. The number of rotatable bonds is 3. The Kier molecular flexibility index (Phi) is 4.63. The van der Waals surface area contributed by atoms with E-state index in [-0.39, 0.29) is 17.0 Å². The van der Waals surface area contributed by atoms with Crippen LogP contribution in [-0.2, 0) is 10.0 Å². The van der Waals surface area contributed by atoms with Gasteiger partial charge < -0.3 is 14.8 Å². The summed E-state index contributed by atoms with van der Waals surface area (Å²) < 4.78 is 39.6. The highest BCUT2D eigenvalue weighted by molar-refractivity contribution is 9.10. The second-order valence-corrected chi connectivity index (χ2v) is 8.08. The average Bonchev–Trinajstić information content (AvgIpc) is 2.48. The molecule has 122 valence electrons. The molecule has 0 saturated carbocycles. The minimum atomic E-state index is -3.63. The maximum Gasteiger partial charge on any atom is 0.242 e. The van der Waals surface area contributed by atoms with Gasteiger partial charge in [0.05, 0.1) is 0 Å². The van der Waals surface area contributed by atoms with Gasteiger partial charge in [0.2, 0.25) is 10.0 Å². The van der Waals surface area contributed by atoms with E-state index in [2.05, 4.69) is 26.0 Å². The zero-order chi connectivity index (χ0) is 15.7. The molecule has 0 aromatic heterocycles. The first-order chi connectivity index (χ1) is 10.5. The van der Waals surface area contributed by atoms with E-state index in [9.17, 15) is 8.42 Å². The third-order valence-corrected chi connectivity index (χ3v) is 6.40. The summed E-state index contributed by atoms with van der Waals surface area (Å²) in [7, 11) is -3.63. The molecule has 2 unspecified atom stereocenters. The fourth-order valence-electron chi connectivity index (χ4n) is 2.72. The summed E-state index contributed by atoms with van der Waals surface area (Å²) in [6, 6.07) is 3.16. The summed E-state index contributed by atoms with van der Waals surface area (Å²) in [6.07, 6.45) is 1.79. The van der Waals surface area contributed by atoms with Crippen LogP contribution in [0.25, 0.3) is 0 Å². The third kappa shape index (κ3) is 3.24. The van der Waals surface area contributed by atoms with Gasteiger partial charge in [-0.2, -0.15) is 0 Å². The van der Waals surface area contributed by atoms with E-state index in [4.69, 9.17) is 9.47 Å². The number of nitrogens with one attached hydrogen (secondary N) is 2. The van der Waals surface area contributed by atoms with E-state index < -0.39 is 10.0 Å². The lowest BCUT2D eigenvalue weighted by atomic mass is 10.0. The van der Waals surface area contributed by atoms with Crippen LogP contribution in [0.3, 0.4) is 0 Å². The second kappa shape index (κ2) is 6.35. The van der Waals surface area contributed by atoms with Gasteiger partial charge in [0.25, 0.3) is 0 Å². The van der Waals surface area contributed by atoms with Crippen LogP contribution < -0.4 is 19.5 Å². The zero-order valence-electron chi connectivity index (χ0n) is 12.3. The van der Waals surface area contributed by atoms with Crippen molar-refractivity contribution in [3.8, 4) is 11.5 Å². The van der Waals surface area contributed by atoms with Gasteiger partial charge in [-0.05, 0) is 48.3 Å². The van der Waals surface area contributed by atoms with Gasteiger partial charge in [-0.15, -0.1) is 0 Å². The highest BCUT2D eigenvalue weighted by Gasteiger charge is 2.29. The van der Waals surface area contributed by atoms with Crippen LogP contribution in [0.4, 0.5) is 0 Å². The van der Waals surface area contributed by atoms with E-state index in [1.807, 2.05) is 6.92 Å². The Morgan fingerprint density at radius 2 is 1.95 bits per heavy atom. The molecule has 2 aliphatic heterocycles. The fraction of sp³-hybridized carbons (Fsp3) is 0.571. The minimum Gasteiger partial charge on any atom is -0.486 e. The predicted octanol–water partition coefficient (Wildman–Crippen LogP) is 1.64. The van der Waals surface area contributed by atoms with Gasteiger partial charge in [0.1, 0.15) is 18.1 Å². The maximum absolute atomic E-state index is 12.7. The van der Waals surface area contributed by atoms with E-state index in [0.717, 1.165) is 19.4 Å². The lowest BCUT2D eigenvalue weighted by Gasteiger charge is -2.30. The monoisotopic (exact) mass is 390 g/mol. The highest BCUT2D eigenvalue weighted by Crippen LogP contribution is 2.37. The Morgan fingerprint density at radius 3 is 2.64 bits per heavy atom. The van der Waals surface area contributed by atoms with Crippen LogP contribution in [0.1, 0.15) is 19.8 Å². The molecule has 1 aromatic carbocycles. The molecule has 0 spiro atoms. The van der Waals surface area contributed by atoms with Gasteiger partial charge in [-0.25, -0.2) is 13.1 Å². The third-order valence-electron chi connectivity index (χ3n) is 3.95. The molecule has 0 radical (unpaired) electrons. The predicted molar refractivity (Wildman–Crippen MR) is 85.9 cm³/mol. The van der Waals surface area contributed by atoms with Crippen molar-refractivity contribution in [1.82, 2.24) is 10.0 Å². The molecular weight excluding hydrogens is 372 g/mol. The fourth-order valence-corrected chi connectivity index (χ4v) is 5.11. The average molecular weight is 391 g/mol. The standard InChI is InChI=1S/C14H19BrN2O4S/c1-9-11(3-2-4-16-9)17-22(18,19)14-8-13-12(7-10(14)15)20-5-6-21-13/h7-9,11,16-17H,2-6H2,1H3. The number of hydrogen-bond acceptors (Lipinski definition) is 5. The molecule has 2 N–H and O–H groups in total. The van der Waals surface area contributed by atoms with E-state index in [1.54, 1.807) is 6.07 Å². The van der Waals surface area contributed by atoms with Crippen molar-refractivity contribution in [2.75, 3.05) is 19.8 Å². The Morgan fingerprint density at radius 1 is 1.27 bits per heavy atom. The Labute approximate surface area is 138 Å². The number of piperidine rings is 1. The van der Waals surface area contributed by atoms with Crippen molar-refractivity contribution < 1.29 is 17.9 Å². The van der Waals surface area contributed by atoms with Crippen molar-refractivity contribution in [3.05, 3.63) is 16.6 Å². The number of ether oxygens (including phenoxy) is 2. The topological polar surface area (TPSA) is 76.7 Å². The van der Waals surface area contributed by atoms with Gasteiger partial charge in [-0.1, -0.05) is 0 Å². The lowest BCUT2D eigenvalue weighted by molar-refractivity contribution is 0.171. The van der Waals surface area contributed by atoms with Crippen molar-refractivity contribution in [3.63, 3.8) is 0 Å². The molecule has 1 fully saturated rings. The molecule has 2 heterocycles. The number of hydrogen-bond donors (Lipinski definition) is 2. The molecule has 2 atom stereocenters. The van der Waals surface area contributed by atoms with Gasteiger partial charge in [0.15, 0.2) is 11.5 Å². The molecule has 8 heteroatoms. The molecule has 3 rings (SSSR count). The van der Waals surface area contributed by atoms with Crippen LogP contribution in [0.15, 0.2) is 21.5 Å². The van der Waals surface area contributed by atoms with Gasteiger partial charge in [0, 0.05) is 22.6 Å². The largest absolute Gasteiger partial charge is 0.486 e. The quantitative estimate of drug-likeness (QED) is 0.820. The summed E-state index contributed by atoms with van der Waals surface area (Å²) in [5.41, 5.74) is 0. The first-order valence-corrected chi connectivity index (χ1v) is 9.60. The van der Waals surface area contributed by atoms with Crippen LogP contribution in [-0.4, -0.2) is 40.3 Å². The van der Waals surface area contributed by atoms with Crippen molar-refractivity contribution in [2.45, 2.75) is 36.7 Å². The van der Waals surface area contributed by atoms with E-state index in [0.29, 0.717) is 29.2 Å². The molecule has 0 bridgehead atoms. The first-order valence-electron chi connectivity index (χ1n) is 7.32. The molecule has 2 aliphatic rings. The molecule has 6 nitrogen and oxygen atoms in total. The summed E-state index contributed by atoms with van der Waals surface area (Å²) in [4.78, 5) is 0.175. The lowest BCUT2D eigenvalue weighted by Crippen LogP contribution is -2.51. The maximum atomic E-state index is 12.7. The summed E-state index contributed by atoms with van der Waals surface area (Å²) in [5, 5.41) is 3.29. The molecule has 0 amide bonds. The molecule has 22 heavy (non-hydrogen) atoms. The first kappa shape index (κ1) is 16.0. The molecule has 0 aliphatic carbocycles. The molecule has 1 saturated heterocycles. The van der Waals surface area contributed by atoms with Crippen molar-refractivity contribution in [1.29, 1.82) is 0 Å². The Balaban J connectivity index is 1.88. The van der Waals surface area contributed by atoms with Crippen LogP contribution in [0.5, 0.6) is 11.5 Å². The zero-order valence-corrected chi connectivity index (χ0v) is 14.7. The van der Waals surface area contributed by atoms with Crippen LogP contribution in [0.2, 0.25) is 0 Å². The summed E-state index contributed by atoms with van der Waals surface area (Å²) in [6.45, 7) is 3.80. The minimum absolute atomic E-state index is 0.111. The summed E-state index contributed by atoms with van der Waals surface area (Å²) in [5.74, 6) is 1.02. The van der Waals surface area contributed by atoms with Gasteiger partial charge in [-0.3, -0.25) is 0 Å². The number of halogens is 1. The molecular formula is C14H19BrN2O4S. The van der Waals surface area contributed by atoms with Crippen LogP contribution >= 0.6 is 15.9 Å². The summed E-state index contributed by atoms with van der Waals surface area (Å²) >= 11 is 3.32. The van der Waals surface area contributed by atoms with Crippen molar-refractivity contribution >= 4 is 26.0 Å². The van der Waals surface area contributed by atoms with Crippen molar-refractivity contribution in [2.24, 2.45) is 0 Å². The molecule has 1 aromatic rings. The number of benzene rings is 1. The van der Waals surface area contributed by atoms with E-state index in [1.165, 1.54) is 6.07 Å². The highest BCUT2D eigenvalue weighted by atomic mass is 79.9. The number of fused-ring (bicyclic) bond motifs is 1. The normalized spacial score (nSPS) is 25.0. The number of sulfonamides is 1. The smallest absolute Gasteiger partial charge is 0.242 e. The Hall–Kier alpha value is -0.830. The SMILES string of the molecule is CC1NCCCC1NS(=O)(=O)c1cc2c(cc1Br)OCCO2. The van der Waals surface area contributed by atoms with Crippen LogP contribution in [0, 0.1) is 0 Å². The second-order valence-electron chi connectivity index (χ2n) is 5.54. The van der Waals surface area contributed by atoms with Gasteiger partial charge >= 0.3 is 0 Å². The van der Waals surface area contributed by atoms with E-state index >= 15 is 0 Å².